The van der Waals surface area contributed by atoms with Crippen LogP contribution in [0.15, 0.2) is 18.2 Å². The predicted octanol–water partition coefficient (Wildman–Crippen LogP) is 3.91. The van der Waals surface area contributed by atoms with Crippen LogP contribution in [0, 0.1) is 25.2 Å². The molecule has 1 aromatic rings. The summed E-state index contributed by atoms with van der Waals surface area (Å²) >= 11 is 0. The summed E-state index contributed by atoms with van der Waals surface area (Å²) in [5.41, 5.74) is 2.04. The highest BCUT2D eigenvalue weighted by Gasteiger charge is 2.29. The molecule has 3 nitrogen and oxygen atoms in total. The molecule has 0 aliphatic rings. The second-order valence-corrected chi connectivity index (χ2v) is 9.10. The quantitative estimate of drug-likeness (QED) is 0.773. The third-order valence-electron chi connectivity index (χ3n) is 3.62. The van der Waals surface area contributed by atoms with E-state index in [9.17, 15) is 8.42 Å². The van der Waals surface area contributed by atoms with Crippen molar-refractivity contribution in [2.75, 3.05) is 12.4 Å². The number of hydrogen-bond acceptors (Lipinski definition) is 3. The summed E-state index contributed by atoms with van der Waals surface area (Å²) in [5.74, 6) is 0.555. The van der Waals surface area contributed by atoms with E-state index in [2.05, 4.69) is 0 Å². The van der Waals surface area contributed by atoms with Crippen molar-refractivity contribution in [3.05, 3.63) is 29.3 Å². The molecule has 1 unspecified atom stereocenters. The molecule has 0 bridgehead atoms. The molecular weight excluding hydrogens is 296 g/mol. The van der Waals surface area contributed by atoms with Crippen molar-refractivity contribution in [3.63, 3.8) is 0 Å². The number of hydrogen-bond donors (Lipinski definition) is 0. The molecule has 0 spiro atoms. The van der Waals surface area contributed by atoms with Crippen LogP contribution in [0.2, 0.25) is 0 Å². The van der Waals surface area contributed by atoms with Gasteiger partial charge in [-0.1, -0.05) is 32.9 Å². The van der Waals surface area contributed by atoms with Crippen molar-refractivity contribution in [3.8, 4) is 5.75 Å². The van der Waals surface area contributed by atoms with Gasteiger partial charge in [-0.2, -0.15) is 0 Å². The van der Waals surface area contributed by atoms with Gasteiger partial charge in [0.05, 0.1) is 12.4 Å². The number of aryl methyl sites for hydroxylation is 1. The molecule has 0 heterocycles. The largest absolute Gasteiger partial charge is 0.493 e. The van der Waals surface area contributed by atoms with Crippen LogP contribution in [0.4, 0.5) is 0 Å². The minimum Gasteiger partial charge on any atom is -0.493 e. The van der Waals surface area contributed by atoms with E-state index in [1.165, 1.54) is 0 Å². The van der Waals surface area contributed by atoms with E-state index in [-0.39, 0.29) is 17.1 Å². The fraction of sp³-hybridized carbons (Fsp3) is 0.600. The van der Waals surface area contributed by atoms with E-state index < -0.39 is 9.05 Å². The molecule has 1 rings (SSSR count). The van der Waals surface area contributed by atoms with E-state index in [4.69, 9.17) is 15.4 Å². The Hall–Kier alpha value is -0.740. The van der Waals surface area contributed by atoms with Crippen LogP contribution in [-0.4, -0.2) is 20.8 Å². The molecule has 0 saturated heterocycles. The number of benzene rings is 1. The van der Waals surface area contributed by atoms with Crippen molar-refractivity contribution >= 4 is 19.7 Å². The SMILES string of the molecule is Cc1cccc(OCC(CS(=O)(=O)Cl)C(C)(C)C)c1C. The molecule has 20 heavy (non-hydrogen) atoms. The first-order valence-electron chi connectivity index (χ1n) is 6.62. The molecule has 0 amide bonds. The molecule has 0 N–H and O–H groups in total. The topological polar surface area (TPSA) is 43.4 Å². The Labute approximate surface area is 126 Å². The predicted molar refractivity (Wildman–Crippen MR) is 84.0 cm³/mol. The molecule has 0 radical (unpaired) electrons. The van der Waals surface area contributed by atoms with Crippen LogP contribution >= 0.6 is 10.7 Å². The lowest BCUT2D eigenvalue weighted by Gasteiger charge is -2.29. The Bertz CT molecular complexity index is 559. The standard InChI is InChI=1S/C15H23ClO3S/c1-11-7-6-8-14(12(11)2)19-9-13(15(3,4)5)10-20(16,17)18/h6-8,13H,9-10H2,1-5H3. The zero-order chi connectivity index (χ0) is 15.6. The first-order valence-corrected chi connectivity index (χ1v) is 9.10. The summed E-state index contributed by atoms with van der Waals surface area (Å²) < 4.78 is 28.5. The lowest BCUT2D eigenvalue weighted by atomic mass is 9.82. The molecule has 0 aromatic heterocycles. The summed E-state index contributed by atoms with van der Waals surface area (Å²) in [7, 11) is 1.85. The van der Waals surface area contributed by atoms with Crippen molar-refractivity contribution in [2.45, 2.75) is 34.6 Å². The zero-order valence-corrected chi connectivity index (χ0v) is 14.3. The summed E-state index contributed by atoms with van der Waals surface area (Å²) in [6, 6.07) is 5.85. The van der Waals surface area contributed by atoms with E-state index in [1.54, 1.807) is 0 Å². The van der Waals surface area contributed by atoms with E-state index in [0.29, 0.717) is 6.61 Å². The fourth-order valence-corrected chi connectivity index (χ4v) is 3.39. The lowest BCUT2D eigenvalue weighted by Crippen LogP contribution is -2.31. The van der Waals surface area contributed by atoms with Gasteiger partial charge >= 0.3 is 0 Å². The molecule has 0 saturated carbocycles. The van der Waals surface area contributed by atoms with Gasteiger partial charge in [0.15, 0.2) is 0 Å². The highest BCUT2D eigenvalue weighted by Crippen LogP contribution is 2.30. The minimum atomic E-state index is -3.54. The average Bonchev–Trinajstić information content (AvgIpc) is 2.26. The minimum absolute atomic E-state index is 0.0804. The summed E-state index contributed by atoms with van der Waals surface area (Å²) in [4.78, 5) is 0. The molecule has 0 fully saturated rings. The summed E-state index contributed by atoms with van der Waals surface area (Å²) in [5, 5.41) is 0. The third-order valence-corrected chi connectivity index (χ3v) is 4.80. The Balaban J connectivity index is 2.84. The highest BCUT2D eigenvalue weighted by atomic mass is 35.7. The maximum atomic E-state index is 11.3. The zero-order valence-electron chi connectivity index (χ0n) is 12.7. The van der Waals surface area contributed by atoms with Gasteiger partial charge in [-0.25, -0.2) is 8.42 Å². The van der Waals surface area contributed by atoms with E-state index in [0.717, 1.165) is 16.9 Å². The van der Waals surface area contributed by atoms with Crippen LogP contribution in [0.1, 0.15) is 31.9 Å². The van der Waals surface area contributed by atoms with Crippen molar-refractivity contribution in [2.24, 2.45) is 11.3 Å². The van der Waals surface area contributed by atoms with Crippen molar-refractivity contribution < 1.29 is 13.2 Å². The van der Waals surface area contributed by atoms with Gasteiger partial charge in [0.2, 0.25) is 9.05 Å². The van der Waals surface area contributed by atoms with Gasteiger partial charge in [-0.3, -0.25) is 0 Å². The molecule has 114 valence electrons. The van der Waals surface area contributed by atoms with E-state index in [1.807, 2.05) is 52.8 Å². The summed E-state index contributed by atoms with van der Waals surface area (Å²) in [6.07, 6.45) is 0. The molecule has 1 atom stereocenters. The molecule has 0 aliphatic carbocycles. The van der Waals surface area contributed by atoms with Gasteiger partial charge in [0.1, 0.15) is 5.75 Å². The molecule has 1 aromatic carbocycles. The van der Waals surface area contributed by atoms with Crippen molar-refractivity contribution in [1.82, 2.24) is 0 Å². The number of ether oxygens (including phenoxy) is 1. The van der Waals surface area contributed by atoms with Crippen LogP contribution in [0.3, 0.4) is 0 Å². The smallest absolute Gasteiger partial charge is 0.233 e. The van der Waals surface area contributed by atoms with Gasteiger partial charge in [0.25, 0.3) is 0 Å². The number of rotatable bonds is 5. The molecule has 0 aliphatic heterocycles. The maximum absolute atomic E-state index is 11.3. The van der Waals surface area contributed by atoms with Crippen LogP contribution in [-0.2, 0) is 9.05 Å². The monoisotopic (exact) mass is 318 g/mol. The Morgan fingerprint density at radius 3 is 2.35 bits per heavy atom. The van der Waals surface area contributed by atoms with Gasteiger partial charge in [-0.15, -0.1) is 0 Å². The van der Waals surface area contributed by atoms with E-state index >= 15 is 0 Å². The fourth-order valence-electron chi connectivity index (χ4n) is 1.86. The second kappa shape index (κ2) is 6.35. The first-order chi connectivity index (χ1) is 9.00. The average molecular weight is 319 g/mol. The van der Waals surface area contributed by atoms with Crippen LogP contribution < -0.4 is 4.74 Å². The first kappa shape index (κ1) is 17.3. The van der Waals surface area contributed by atoms with Crippen LogP contribution in [0.5, 0.6) is 5.75 Å². The highest BCUT2D eigenvalue weighted by molar-refractivity contribution is 8.13. The maximum Gasteiger partial charge on any atom is 0.233 e. The van der Waals surface area contributed by atoms with Gasteiger partial charge in [0, 0.05) is 16.6 Å². The molecule has 5 heteroatoms. The van der Waals surface area contributed by atoms with Crippen LogP contribution in [0.25, 0.3) is 0 Å². The van der Waals surface area contributed by atoms with Gasteiger partial charge in [-0.05, 0) is 36.5 Å². The van der Waals surface area contributed by atoms with Crippen molar-refractivity contribution in [1.29, 1.82) is 0 Å². The third kappa shape index (κ3) is 5.33. The van der Waals surface area contributed by atoms with Gasteiger partial charge < -0.3 is 4.74 Å². The molecular formula is C15H23ClO3S. The lowest BCUT2D eigenvalue weighted by molar-refractivity contribution is 0.163. The number of halogens is 1. The Morgan fingerprint density at radius 2 is 1.85 bits per heavy atom. The second-order valence-electron chi connectivity index (χ2n) is 6.28. The summed E-state index contributed by atoms with van der Waals surface area (Å²) in [6.45, 7) is 10.3. The Kier molecular flexibility index (Phi) is 5.50. The normalized spacial score (nSPS) is 14.1. The Morgan fingerprint density at radius 1 is 1.25 bits per heavy atom.